The van der Waals surface area contributed by atoms with Gasteiger partial charge in [0.15, 0.2) is 0 Å². The number of rotatable bonds is 6. The number of amides is 1. The minimum atomic E-state index is -4.03. The van der Waals surface area contributed by atoms with Gasteiger partial charge >= 0.3 is 0 Å². The third-order valence-corrected chi connectivity index (χ3v) is 8.60. The molecule has 0 saturated heterocycles. The lowest BCUT2D eigenvalue weighted by Gasteiger charge is -2.26. The van der Waals surface area contributed by atoms with E-state index in [1.165, 1.54) is 30.7 Å². The highest BCUT2D eigenvalue weighted by atomic mass is 35.5. The second kappa shape index (κ2) is 10.4. The molecule has 1 aliphatic rings. The molecular formula is C27H25Cl2N3O4S. The van der Waals surface area contributed by atoms with E-state index in [0.29, 0.717) is 16.0 Å². The van der Waals surface area contributed by atoms with Gasteiger partial charge in [-0.2, -0.15) is 0 Å². The van der Waals surface area contributed by atoms with Gasteiger partial charge in [0, 0.05) is 5.56 Å². The predicted molar refractivity (Wildman–Crippen MR) is 146 cm³/mol. The molecule has 0 bridgehead atoms. The zero-order valence-electron chi connectivity index (χ0n) is 19.9. The number of nitrogens with one attached hydrogen (secondary N) is 1. The van der Waals surface area contributed by atoms with E-state index in [9.17, 15) is 18.0 Å². The minimum absolute atomic E-state index is 0.0864. The number of hydrogen-bond donors (Lipinski definition) is 1. The molecule has 0 aliphatic heterocycles. The third-order valence-electron chi connectivity index (χ3n) is 6.65. The highest BCUT2D eigenvalue weighted by Gasteiger charge is 2.25. The van der Waals surface area contributed by atoms with Crippen molar-refractivity contribution in [3.63, 3.8) is 0 Å². The number of sulfonamides is 1. The van der Waals surface area contributed by atoms with Gasteiger partial charge in [-0.3, -0.25) is 14.3 Å². The van der Waals surface area contributed by atoms with E-state index in [4.69, 9.17) is 23.2 Å². The van der Waals surface area contributed by atoms with Crippen LogP contribution in [-0.4, -0.2) is 23.7 Å². The molecule has 5 rings (SSSR count). The van der Waals surface area contributed by atoms with E-state index in [0.717, 1.165) is 36.9 Å². The molecule has 0 radical (unpaired) electrons. The van der Waals surface area contributed by atoms with Gasteiger partial charge in [-0.05, 0) is 60.9 Å². The Labute approximate surface area is 224 Å². The highest BCUT2D eigenvalue weighted by molar-refractivity contribution is 7.89. The summed E-state index contributed by atoms with van der Waals surface area (Å²) in [5.41, 5.74) is 1.68. The number of benzene rings is 3. The lowest BCUT2D eigenvalue weighted by molar-refractivity contribution is 0.0981. The standard InChI is InChI=1S/C27H25Cl2N3O4S/c28-23-13-11-18(15-24(23)29)17-37(35,36)30-26(33)19-12-14-25-22(16-19)27(34)32(21-9-5-2-6-10-21)31(25)20-7-3-1-4-8-20/h2,5-6,9-16,20H,1,3-4,7-8,17H2,(H,30,33). The number of para-hydroxylation sites is 1. The van der Waals surface area contributed by atoms with E-state index in [-0.39, 0.29) is 22.2 Å². The Bertz CT molecular complexity index is 1640. The molecule has 10 heteroatoms. The SMILES string of the molecule is O=C(NS(=O)(=O)Cc1ccc(Cl)c(Cl)c1)c1ccc2c(c1)c(=O)n(-c1ccccc1)n2C1CCCCC1. The zero-order chi connectivity index (χ0) is 26.2. The Balaban J connectivity index is 1.50. The van der Waals surface area contributed by atoms with Crippen LogP contribution >= 0.6 is 23.2 Å². The van der Waals surface area contributed by atoms with Crippen LogP contribution in [0.5, 0.6) is 0 Å². The zero-order valence-corrected chi connectivity index (χ0v) is 22.2. The van der Waals surface area contributed by atoms with E-state index in [1.54, 1.807) is 16.8 Å². The largest absolute Gasteiger partial charge is 0.279 e. The van der Waals surface area contributed by atoms with Crippen LogP contribution in [0.4, 0.5) is 0 Å². The topological polar surface area (TPSA) is 90.2 Å². The number of fused-ring (bicyclic) bond motifs is 1. The van der Waals surface area contributed by atoms with Crippen LogP contribution in [0.25, 0.3) is 16.6 Å². The maximum Gasteiger partial charge on any atom is 0.279 e. The summed E-state index contributed by atoms with van der Waals surface area (Å²) in [6.07, 6.45) is 5.28. The van der Waals surface area contributed by atoms with E-state index in [2.05, 4.69) is 4.72 Å². The first-order valence-electron chi connectivity index (χ1n) is 12.0. The predicted octanol–water partition coefficient (Wildman–Crippen LogP) is 5.86. The van der Waals surface area contributed by atoms with Crippen molar-refractivity contribution in [3.05, 3.63) is 98.3 Å². The third kappa shape index (κ3) is 5.32. The first-order chi connectivity index (χ1) is 17.7. The number of aromatic nitrogens is 2. The molecule has 0 unspecified atom stereocenters. The van der Waals surface area contributed by atoms with E-state index in [1.807, 2.05) is 35.0 Å². The van der Waals surface area contributed by atoms with Crippen molar-refractivity contribution in [2.75, 3.05) is 0 Å². The molecule has 1 fully saturated rings. The summed E-state index contributed by atoms with van der Waals surface area (Å²) in [6, 6.07) is 18.8. The van der Waals surface area contributed by atoms with Gasteiger partial charge in [0.2, 0.25) is 10.0 Å². The molecule has 4 aromatic rings. The van der Waals surface area contributed by atoms with E-state index >= 15 is 0 Å². The summed E-state index contributed by atoms with van der Waals surface area (Å²) in [5.74, 6) is -1.26. The van der Waals surface area contributed by atoms with Crippen LogP contribution < -0.4 is 10.3 Å². The molecule has 1 aromatic heterocycles. The van der Waals surface area contributed by atoms with Crippen molar-refractivity contribution in [1.82, 2.24) is 14.1 Å². The van der Waals surface area contributed by atoms with Crippen LogP contribution in [0, 0.1) is 0 Å². The highest BCUT2D eigenvalue weighted by Crippen LogP contribution is 2.32. The first kappa shape index (κ1) is 25.6. The second-order valence-electron chi connectivity index (χ2n) is 9.26. The average Bonchev–Trinajstić information content (AvgIpc) is 3.18. The van der Waals surface area contributed by atoms with E-state index < -0.39 is 21.7 Å². The van der Waals surface area contributed by atoms with Crippen molar-refractivity contribution in [2.45, 2.75) is 43.9 Å². The average molecular weight is 558 g/mol. The minimum Gasteiger partial charge on any atom is -0.274 e. The second-order valence-corrected chi connectivity index (χ2v) is 11.8. The molecule has 0 spiro atoms. The number of nitrogens with zero attached hydrogens (tertiary/aromatic N) is 2. The fraction of sp³-hybridized carbons (Fsp3) is 0.259. The molecule has 0 atom stereocenters. The fourth-order valence-corrected chi connectivity index (χ4v) is 6.36. The van der Waals surface area contributed by atoms with Gasteiger partial charge in [0.1, 0.15) is 0 Å². The fourth-order valence-electron chi connectivity index (χ4n) is 4.95. The molecule has 192 valence electrons. The molecule has 1 heterocycles. The summed E-state index contributed by atoms with van der Waals surface area (Å²) in [5, 5.41) is 0.897. The Morgan fingerprint density at radius 3 is 2.35 bits per heavy atom. The maximum atomic E-state index is 13.6. The van der Waals surface area contributed by atoms with Crippen LogP contribution in [0.3, 0.4) is 0 Å². The van der Waals surface area contributed by atoms with Gasteiger partial charge in [-0.1, -0.05) is 66.7 Å². The molecule has 3 aromatic carbocycles. The molecule has 1 aliphatic carbocycles. The quantitative estimate of drug-likeness (QED) is 0.321. The summed E-state index contributed by atoms with van der Waals surface area (Å²) in [7, 11) is -4.03. The molecule has 37 heavy (non-hydrogen) atoms. The number of carbonyl (C=O) groups excluding carboxylic acids is 1. The molecule has 7 nitrogen and oxygen atoms in total. The smallest absolute Gasteiger partial charge is 0.274 e. The summed E-state index contributed by atoms with van der Waals surface area (Å²) >= 11 is 11.9. The van der Waals surface area contributed by atoms with Crippen LogP contribution in [0.1, 0.15) is 54.1 Å². The Morgan fingerprint density at radius 2 is 1.65 bits per heavy atom. The van der Waals surface area contributed by atoms with Crippen molar-refractivity contribution < 1.29 is 13.2 Å². The van der Waals surface area contributed by atoms with Crippen LogP contribution in [-0.2, 0) is 15.8 Å². The van der Waals surface area contributed by atoms with Crippen molar-refractivity contribution >= 4 is 50.0 Å². The Kier molecular flexibility index (Phi) is 7.16. The molecule has 1 N–H and O–H groups in total. The van der Waals surface area contributed by atoms with Gasteiger partial charge in [0.05, 0.1) is 38.4 Å². The molecular weight excluding hydrogens is 533 g/mol. The van der Waals surface area contributed by atoms with Gasteiger partial charge in [-0.25, -0.2) is 17.8 Å². The Morgan fingerprint density at radius 1 is 0.919 bits per heavy atom. The lowest BCUT2D eigenvalue weighted by atomic mass is 9.95. The number of hydrogen-bond acceptors (Lipinski definition) is 4. The summed E-state index contributed by atoms with van der Waals surface area (Å²) in [4.78, 5) is 26.6. The first-order valence-corrected chi connectivity index (χ1v) is 14.5. The lowest BCUT2D eigenvalue weighted by Crippen LogP contribution is -2.31. The van der Waals surface area contributed by atoms with Gasteiger partial charge < -0.3 is 0 Å². The van der Waals surface area contributed by atoms with Crippen molar-refractivity contribution in [2.24, 2.45) is 0 Å². The summed E-state index contributed by atoms with van der Waals surface area (Å²) < 4.78 is 31.2. The normalized spacial score (nSPS) is 14.6. The van der Waals surface area contributed by atoms with Crippen LogP contribution in [0.2, 0.25) is 10.0 Å². The van der Waals surface area contributed by atoms with Crippen molar-refractivity contribution in [3.8, 4) is 5.69 Å². The maximum absolute atomic E-state index is 13.6. The number of carbonyl (C=O) groups is 1. The van der Waals surface area contributed by atoms with Crippen molar-refractivity contribution in [1.29, 1.82) is 0 Å². The van der Waals surface area contributed by atoms with Gasteiger partial charge in [-0.15, -0.1) is 0 Å². The Hall–Kier alpha value is -3.07. The number of halogens is 2. The van der Waals surface area contributed by atoms with Crippen LogP contribution in [0.15, 0.2) is 71.5 Å². The van der Waals surface area contributed by atoms with Gasteiger partial charge in [0.25, 0.3) is 11.5 Å². The summed E-state index contributed by atoms with van der Waals surface area (Å²) in [6.45, 7) is 0. The molecule has 1 saturated carbocycles. The molecule has 1 amide bonds. The monoisotopic (exact) mass is 557 g/mol.